The number of rotatable bonds is 8. The van der Waals surface area contributed by atoms with Crippen molar-refractivity contribution in [3.05, 3.63) is 95.6 Å². The third-order valence-corrected chi connectivity index (χ3v) is 6.12. The van der Waals surface area contributed by atoms with Gasteiger partial charge in [-0.3, -0.25) is 4.79 Å². The second-order valence-corrected chi connectivity index (χ2v) is 8.57. The highest BCUT2D eigenvalue weighted by atomic mass is 32.2. The van der Waals surface area contributed by atoms with E-state index in [9.17, 15) is 13.2 Å². The molecule has 0 heterocycles. The van der Waals surface area contributed by atoms with E-state index in [0.717, 1.165) is 11.1 Å². The van der Waals surface area contributed by atoms with E-state index in [1.165, 1.54) is 19.2 Å². The molecule has 0 fully saturated rings. The fourth-order valence-corrected chi connectivity index (χ4v) is 3.91. The fraction of sp³-hybridized carbons (Fsp3) is 0.174. The first-order chi connectivity index (χ1) is 14.4. The van der Waals surface area contributed by atoms with Gasteiger partial charge in [-0.15, -0.1) is 0 Å². The smallest absolute Gasteiger partial charge is 0.251 e. The predicted octanol–water partition coefficient (Wildman–Crippen LogP) is 3.66. The lowest BCUT2D eigenvalue weighted by Crippen LogP contribution is -2.26. The molecule has 7 heteroatoms. The molecule has 0 saturated carbocycles. The maximum Gasteiger partial charge on any atom is 0.251 e. The number of carbonyl (C=O) groups excluding carboxylic acids is 1. The zero-order chi connectivity index (χ0) is 21.6. The van der Waals surface area contributed by atoms with Crippen molar-refractivity contribution in [1.82, 2.24) is 10.0 Å². The van der Waals surface area contributed by atoms with Crippen LogP contribution in [-0.2, 0) is 16.6 Å². The van der Waals surface area contributed by atoms with Gasteiger partial charge in [-0.1, -0.05) is 42.5 Å². The van der Waals surface area contributed by atoms with Crippen LogP contribution in [-0.4, -0.2) is 21.4 Å². The van der Waals surface area contributed by atoms with Gasteiger partial charge in [0.1, 0.15) is 5.75 Å². The van der Waals surface area contributed by atoms with E-state index in [1.807, 2.05) is 37.3 Å². The minimum absolute atomic E-state index is 0.116. The monoisotopic (exact) mass is 424 g/mol. The van der Waals surface area contributed by atoms with E-state index in [0.29, 0.717) is 11.3 Å². The molecule has 0 aliphatic rings. The van der Waals surface area contributed by atoms with Gasteiger partial charge in [-0.05, 0) is 54.4 Å². The second-order valence-electron chi connectivity index (χ2n) is 6.80. The van der Waals surface area contributed by atoms with Gasteiger partial charge in [-0.25, -0.2) is 13.1 Å². The molecule has 0 bridgehead atoms. The summed E-state index contributed by atoms with van der Waals surface area (Å²) in [4.78, 5) is 12.6. The average Bonchev–Trinajstić information content (AvgIpc) is 2.78. The number of sulfonamides is 1. The molecule has 0 radical (unpaired) electrons. The molecule has 0 unspecified atom stereocenters. The molecule has 0 spiro atoms. The Balaban J connectivity index is 1.59. The Kier molecular flexibility index (Phi) is 6.87. The Morgan fingerprint density at radius 2 is 1.57 bits per heavy atom. The van der Waals surface area contributed by atoms with Crippen molar-refractivity contribution in [3.63, 3.8) is 0 Å². The lowest BCUT2D eigenvalue weighted by molar-refractivity contribution is 0.0940. The van der Waals surface area contributed by atoms with Crippen molar-refractivity contribution in [2.24, 2.45) is 0 Å². The van der Waals surface area contributed by atoms with Crippen LogP contribution in [0.25, 0.3) is 0 Å². The van der Waals surface area contributed by atoms with E-state index >= 15 is 0 Å². The largest absolute Gasteiger partial charge is 0.497 e. The van der Waals surface area contributed by atoms with Gasteiger partial charge in [-0.2, -0.15) is 0 Å². The molecule has 1 atom stereocenters. The SMILES string of the molecule is COc1ccc(S(=O)(=O)NCc2ccc(C(=O)N[C@H](C)c3ccccc3)cc2)cc1. The van der Waals surface area contributed by atoms with Crippen LogP contribution < -0.4 is 14.8 Å². The number of methoxy groups -OCH3 is 1. The van der Waals surface area contributed by atoms with E-state index in [-0.39, 0.29) is 23.4 Å². The summed E-state index contributed by atoms with van der Waals surface area (Å²) in [6.07, 6.45) is 0. The zero-order valence-corrected chi connectivity index (χ0v) is 17.6. The van der Waals surface area contributed by atoms with Crippen molar-refractivity contribution in [3.8, 4) is 5.75 Å². The van der Waals surface area contributed by atoms with Crippen LogP contribution in [0.2, 0.25) is 0 Å². The molecule has 30 heavy (non-hydrogen) atoms. The second kappa shape index (κ2) is 9.56. The van der Waals surface area contributed by atoms with Gasteiger partial charge in [0.25, 0.3) is 5.91 Å². The van der Waals surface area contributed by atoms with Crippen LogP contribution >= 0.6 is 0 Å². The van der Waals surface area contributed by atoms with Crippen LogP contribution in [0.4, 0.5) is 0 Å². The normalized spacial score (nSPS) is 12.2. The van der Waals surface area contributed by atoms with Gasteiger partial charge < -0.3 is 10.1 Å². The van der Waals surface area contributed by atoms with E-state index < -0.39 is 10.0 Å². The summed E-state index contributed by atoms with van der Waals surface area (Å²) in [5.74, 6) is 0.404. The Morgan fingerprint density at radius 3 is 2.17 bits per heavy atom. The van der Waals surface area contributed by atoms with Crippen molar-refractivity contribution in [1.29, 1.82) is 0 Å². The Morgan fingerprint density at radius 1 is 0.933 bits per heavy atom. The quantitative estimate of drug-likeness (QED) is 0.578. The van der Waals surface area contributed by atoms with Gasteiger partial charge >= 0.3 is 0 Å². The van der Waals surface area contributed by atoms with Crippen molar-refractivity contribution in [2.45, 2.75) is 24.4 Å². The van der Waals surface area contributed by atoms with Crippen LogP contribution in [0.3, 0.4) is 0 Å². The molecule has 3 aromatic carbocycles. The topological polar surface area (TPSA) is 84.5 Å². The van der Waals surface area contributed by atoms with Gasteiger partial charge in [0, 0.05) is 12.1 Å². The standard InChI is InChI=1S/C23H24N2O4S/c1-17(19-6-4-3-5-7-19)25-23(26)20-10-8-18(9-11-20)16-24-30(27,28)22-14-12-21(29-2)13-15-22/h3-15,17,24H,16H2,1-2H3,(H,25,26)/t17-/m1/s1. The predicted molar refractivity (Wildman–Crippen MR) is 116 cm³/mol. The number of nitrogens with one attached hydrogen (secondary N) is 2. The highest BCUT2D eigenvalue weighted by Crippen LogP contribution is 2.16. The summed E-state index contributed by atoms with van der Waals surface area (Å²) in [5, 5.41) is 2.96. The Hall–Kier alpha value is -3.16. The highest BCUT2D eigenvalue weighted by molar-refractivity contribution is 7.89. The maximum atomic E-state index is 12.5. The van der Waals surface area contributed by atoms with Crippen molar-refractivity contribution >= 4 is 15.9 Å². The lowest BCUT2D eigenvalue weighted by Gasteiger charge is -2.14. The van der Waals surface area contributed by atoms with Crippen molar-refractivity contribution < 1.29 is 17.9 Å². The molecular formula is C23H24N2O4S. The summed E-state index contributed by atoms with van der Waals surface area (Å²) in [6.45, 7) is 2.05. The maximum absolute atomic E-state index is 12.5. The number of hydrogen-bond donors (Lipinski definition) is 2. The third-order valence-electron chi connectivity index (χ3n) is 4.70. The minimum atomic E-state index is -3.64. The summed E-state index contributed by atoms with van der Waals surface area (Å²) in [7, 11) is -2.12. The van der Waals surface area contributed by atoms with Gasteiger partial charge in [0.2, 0.25) is 10.0 Å². The van der Waals surface area contributed by atoms with E-state index in [2.05, 4.69) is 10.0 Å². The first kappa shape index (κ1) is 21.5. The summed E-state index contributed by atoms with van der Waals surface area (Å²) in [6, 6.07) is 22.6. The molecular weight excluding hydrogens is 400 g/mol. The Labute approximate surface area is 177 Å². The van der Waals surface area contributed by atoms with Gasteiger partial charge in [0.15, 0.2) is 0 Å². The molecule has 1 amide bonds. The number of benzene rings is 3. The molecule has 0 aliphatic heterocycles. The molecule has 6 nitrogen and oxygen atoms in total. The number of carbonyl (C=O) groups is 1. The van der Waals surface area contributed by atoms with E-state index in [4.69, 9.17) is 4.74 Å². The molecule has 0 aromatic heterocycles. The van der Waals surface area contributed by atoms with E-state index in [1.54, 1.807) is 36.4 Å². The van der Waals surface area contributed by atoms with Crippen LogP contribution in [0.15, 0.2) is 83.8 Å². The summed E-state index contributed by atoms with van der Waals surface area (Å²) >= 11 is 0. The number of ether oxygens (including phenoxy) is 1. The first-order valence-electron chi connectivity index (χ1n) is 9.47. The fourth-order valence-electron chi connectivity index (χ4n) is 2.90. The zero-order valence-electron chi connectivity index (χ0n) is 16.8. The molecule has 2 N–H and O–H groups in total. The lowest BCUT2D eigenvalue weighted by atomic mass is 10.1. The van der Waals surface area contributed by atoms with Crippen LogP contribution in [0, 0.1) is 0 Å². The van der Waals surface area contributed by atoms with Gasteiger partial charge in [0.05, 0.1) is 18.0 Å². The average molecular weight is 425 g/mol. The van der Waals surface area contributed by atoms with Crippen LogP contribution in [0.5, 0.6) is 5.75 Å². The third kappa shape index (κ3) is 5.46. The van der Waals surface area contributed by atoms with Crippen molar-refractivity contribution in [2.75, 3.05) is 7.11 Å². The number of amides is 1. The first-order valence-corrected chi connectivity index (χ1v) is 11.0. The molecule has 0 aliphatic carbocycles. The summed E-state index contributed by atoms with van der Waals surface area (Å²) < 4.78 is 32.4. The Bertz CT molecular complexity index is 1080. The number of hydrogen-bond acceptors (Lipinski definition) is 4. The van der Waals surface area contributed by atoms with Crippen LogP contribution in [0.1, 0.15) is 34.5 Å². The molecule has 3 aromatic rings. The molecule has 156 valence electrons. The molecule has 3 rings (SSSR count). The minimum Gasteiger partial charge on any atom is -0.497 e. The summed E-state index contributed by atoms with van der Waals surface area (Å²) in [5.41, 5.74) is 2.29. The molecule has 0 saturated heterocycles. The highest BCUT2D eigenvalue weighted by Gasteiger charge is 2.14.